The molecule has 77 heavy (non-hydrogen) atoms. The van der Waals surface area contributed by atoms with Crippen LogP contribution >= 0.6 is 0 Å². The zero-order chi connectivity index (χ0) is 50.2. The quantitative estimate of drug-likeness (QED) is 0.161. The Morgan fingerprint density at radius 1 is 0.273 bits per heavy atom. The van der Waals surface area contributed by atoms with Crippen molar-refractivity contribution in [2.75, 3.05) is 0 Å². The summed E-state index contributed by atoms with van der Waals surface area (Å²) in [5.41, 5.74) is 13.5. The molecule has 0 spiro atoms. The van der Waals surface area contributed by atoms with E-state index in [0.717, 1.165) is 99.3 Å². The number of aromatic nitrogens is 4. The predicted molar refractivity (Wildman–Crippen MR) is 321 cm³/mol. The molecule has 4 aromatic heterocycles. The van der Waals surface area contributed by atoms with Gasteiger partial charge in [0.1, 0.15) is 11.6 Å². The standard InChI is InChI=1S/C72H39N5/c73-39-54-70(75-56-31-11-25-48-43-21-7-8-22-44(43)49-26-12-32-57(75)65(49)64(48)56)62(41-17-3-1-4-18-41)72(77-60-35-13-27-50-45-23-9-10-24-46(45)51-28-14-36-61(77)67(51)66(50)60)63(42-19-5-2-6-20-42)71(54)76-58-33-15-29-52-47-37-38-74-40-55(47)53-30-16-34-59(76)69(53)68(52)58/h1-38,40H. The molecule has 0 N–H and O–H groups in total. The molecule has 0 unspecified atom stereocenters. The van der Waals surface area contributed by atoms with Gasteiger partial charge in [-0.25, -0.2) is 0 Å². The predicted octanol–water partition coefficient (Wildman–Crippen LogP) is 18.8. The van der Waals surface area contributed by atoms with Crippen molar-refractivity contribution in [3.05, 3.63) is 242 Å². The number of rotatable bonds is 5. The molecule has 18 aromatic rings. The molecule has 14 aromatic carbocycles. The highest BCUT2D eigenvalue weighted by Crippen LogP contribution is 2.55. The van der Waals surface area contributed by atoms with Gasteiger partial charge in [0, 0.05) is 61.2 Å². The van der Waals surface area contributed by atoms with Crippen LogP contribution in [-0.2, 0) is 0 Å². The fourth-order valence-electron chi connectivity index (χ4n) is 14.4. The van der Waals surface area contributed by atoms with Gasteiger partial charge in [0.2, 0.25) is 0 Å². The minimum Gasteiger partial charge on any atom is -0.308 e. The maximum atomic E-state index is 12.8. The zero-order valence-electron chi connectivity index (χ0n) is 41.3. The van der Waals surface area contributed by atoms with Crippen LogP contribution < -0.4 is 0 Å². The number of benzene rings is 14. The maximum Gasteiger partial charge on any atom is 0.104 e. The Labute approximate surface area is 439 Å². The van der Waals surface area contributed by atoms with E-state index in [0.29, 0.717) is 5.56 Å². The third kappa shape index (κ3) is 5.05. The molecule has 0 atom stereocenters. The molecule has 0 aliphatic rings. The Morgan fingerprint density at radius 2 is 0.558 bits per heavy atom. The van der Waals surface area contributed by atoms with Crippen LogP contribution in [0.1, 0.15) is 5.56 Å². The van der Waals surface area contributed by atoms with E-state index in [9.17, 15) is 5.26 Å². The van der Waals surface area contributed by atoms with Crippen LogP contribution in [0.3, 0.4) is 0 Å². The van der Waals surface area contributed by atoms with Gasteiger partial charge in [-0.3, -0.25) is 4.98 Å². The first-order valence-electron chi connectivity index (χ1n) is 26.4. The van der Waals surface area contributed by atoms with Crippen LogP contribution in [0.15, 0.2) is 237 Å². The highest BCUT2D eigenvalue weighted by atomic mass is 15.1. The van der Waals surface area contributed by atoms with Crippen LogP contribution in [0, 0.1) is 11.3 Å². The van der Waals surface area contributed by atoms with Crippen molar-refractivity contribution in [2.45, 2.75) is 0 Å². The summed E-state index contributed by atoms with van der Waals surface area (Å²) in [6.45, 7) is 0. The minimum absolute atomic E-state index is 0.574. The second-order valence-corrected chi connectivity index (χ2v) is 20.7. The average molecular weight is 974 g/mol. The molecule has 0 amide bonds. The lowest BCUT2D eigenvalue weighted by Crippen LogP contribution is -2.13. The Bertz CT molecular complexity index is 5070. The van der Waals surface area contributed by atoms with Crippen molar-refractivity contribution in [2.24, 2.45) is 0 Å². The van der Waals surface area contributed by atoms with E-state index in [1.165, 1.54) is 70.0 Å². The third-order valence-electron chi connectivity index (χ3n) is 17.2. The molecule has 18 rings (SSSR count). The Balaban J connectivity index is 1.17. The summed E-state index contributed by atoms with van der Waals surface area (Å²) < 4.78 is 7.46. The lowest BCUT2D eigenvalue weighted by Gasteiger charge is -2.28. The smallest absolute Gasteiger partial charge is 0.104 e. The lowest BCUT2D eigenvalue weighted by atomic mass is 9.88. The summed E-state index contributed by atoms with van der Waals surface area (Å²) in [6.07, 6.45) is 3.91. The van der Waals surface area contributed by atoms with Crippen molar-refractivity contribution >= 4 is 130 Å². The van der Waals surface area contributed by atoms with Gasteiger partial charge in [-0.05, 0) is 113 Å². The molecule has 0 radical (unpaired) electrons. The topological polar surface area (TPSA) is 51.5 Å². The average Bonchev–Trinajstić information content (AvgIpc) is 4.32. The number of pyridine rings is 1. The van der Waals surface area contributed by atoms with Gasteiger partial charge in [0.15, 0.2) is 0 Å². The largest absolute Gasteiger partial charge is 0.308 e. The second kappa shape index (κ2) is 14.8. The van der Waals surface area contributed by atoms with E-state index >= 15 is 0 Å². The summed E-state index contributed by atoms with van der Waals surface area (Å²) in [6, 6.07) is 85.1. The van der Waals surface area contributed by atoms with Crippen molar-refractivity contribution in [1.82, 2.24) is 18.7 Å². The van der Waals surface area contributed by atoms with Crippen LogP contribution in [-0.4, -0.2) is 18.7 Å². The summed E-state index contributed by atoms with van der Waals surface area (Å²) in [4.78, 5) is 4.69. The van der Waals surface area contributed by atoms with Gasteiger partial charge >= 0.3 is 0 Å². The zero-order valence-corrected chi connectivity index (χ0v) is 41.3. The number of hydrogen-bond donors (Lipinski definition) is 0. The van der Waals surface area contributed by atoms with Crippen LogP contribution in [0.4, 0.5) is 0 Å². The number of nitriles is 1. The second-order valence-electron chi connectivity index (χ2n) is 20.7. The first kappa shape index (κ1) is 40.9. The molecule has 0 fully saturated rings. The normalized spacial score (nSPS) is 12.4. The summed E-state index contributed by atoms with van der Waals surface area (Å²) in [7, 11) is 0. The van der Waals surface area contributed by atoms with Gasteiger partial charge in [0.25, 0.3) is 0 Å². The molecule has 4 heterocycles. The molecule has 0 aliphatic carbocycles. The minimum atomic E-state index is 0.574. The number of hydrogen-bond acceptors (Lipinski definition) is 2. The number of fused-ring (bicyclic) bond motifs is 9. The third-order valence-corrected chi connectivity index (χ3v) is 17.2. The first-order chi connectivity index (χ1) is 38.3. The monoisotopic (exact) mass is 973 g/mol. The van der Waals surface area contributed by atoms with Crippen molar-refractivity contribution in [1.29, 1.82) is 5.26 Å². The van der Waals surface area contributed by atoms with E-state index in [1.807, 2.05) is 12.4 Å². The van der Waals surface area contributed by atoms with E-state index < -0.39 is 0 Å². The van der Waals surface area contributed by atoms with Crippen molar-refractivity contribution < 1.29 is 0 Å². The van der Waals surface area contributed by atoms with Gasteiger partial charge in [-0.2, -0.15) is 5.26 Å². The van der Waals surface area contributed by atoms with E-state index in [-0.39, 0.29) is 0 Å². The number of nitrogens with zero attached hydrogens (tertiary/aromatic N) is 5. The summed E-state index contributed by atoms with van der Waals surface area (Å²) in [5.74, 6) is 0. The molecule has 5 heteroatoms. The van der Waals surface area contributed by atoms with Crippen molar-refractivity contribution in [3.8, 4) is 45.4 Å². The molecular weight excluding hydrogens is 935 g/mol. The van der Waals surface area contributed by atoms with E-state index in [1.54, 1.807) is 0 Å². The molecule has 352 valence electrons. The van der Waals surface area contributed by atoms with Gasteiger partial charge < -0.3 is 13.7 Å². The fraction of sp³-hybridized carbons (Fsp3) is 0. The SMILES string of the molecule is N#Cc1c(-n2c3cccc4c5ccccc5c5cccc2c5c43)c(-c2ccccc2)c(-n2c3cccc4c5ccccc5c5cccc2c5c43)c(-c2ccccc2)c1-n1c2cccc3c4ccncc4c4cccc1c4c32. The molecule has 0 bridgehead atoms. The first-order valence-corrected chi connectivity index (χ1v) is 26.4. The molecule has 0 saturated carbocycles. The Kier molecular flexibility index (Phi) is 7.87. The molecule has 0 aliphatic heterocycles. The molecule has 0 saturated heterocycles. The van der Waals surface area contributed by atoms with E-state index in [2.05, 4.69) is 244 Å². The highest BCUT2D eigenvalue weighted by molar-refractivity contribution is 6.37. The Hall–Kier alpha value is -10.5. The summed E-state index contributed by atoms with van der Waals surface area (Å²) in [5, 5.41) is 34.2. The van der Waals surface area contributed by atoms with Gasteiger partial charge in [-0.15, -0.1) is 0 Å². The molecule has 5 nitrogen and oxygen atoms in total. The van der Waals surface area contributed by atoms with Gasteiger partial charge in [-0.1, -0.05) is 182 Å². The summed E-state index contributed by atoms with van der Waals surface area (Å²) >= 11 is 0. The van der Waals surface area contributed by atoms with Crippen LogP contribution in [0.5, 0.6) is 0 Å². The maximum absolute atomic E-state index is 12.8. The van der Waals surface area contributed by atoms with Crippen LogP contribution in [0.25, 0.3) is 169 Å². The molecular formula is C72H39N5. The van der Waals surface area contributed by atoms with Gasteiger partial charge in [0.05, 0.1) is 50.2 Å². The fourth-order valence-corrected chi connectivity index (χ4v) is 14.4. The van der Waals surface area contributed by atoms with Crippen molar-refractivity contribution in [3.63, 3.8) is 0 Å². The lowest BCUT2D eigenvalue weighted by molar-refractivity contribution is 1.09. The van der Waals surface area contributed by atoms with Crippen LogP contribution in [0.2, 0.25) is 0 Å². The van der Waals surface area contributed by atoms with E-state index in [4.69, 9.17) is 4.98 Å². The Morgan fingerprint density at radius 3 is 0.896 bits per heavy atom. The highest BCUT2D eigenvalue weighted by Gasteiger charge is 2.35.